The molecular formula is C39H61NO14. The Morgan fingerprint density at radius 2 is 1.52 bits per heavy atom. The number of esters is 1. The van der Waals surface area contributed by atoms with Gasteiger partial charge in [0.25, 0.3) is 0 Å². The van der Waals surface area contributed by atoms with E-state index in [0.29, 0.717) is 12.8 Å². The van der Waals surface area contributed by atoms with E-state index < -0.39 is 116 Å². The standard InChI is InChI=1S/C39H61NO14/c1-4-14-27-17-11-9-7-6-8-10-12-18-28(54-39-36(48)34(40)35(47)23(3)52-39)22-32(46)33(37(49)50)31(45)21-26(43)19-24(41)15-13-16-25(42)20-30(44)29(5-2)38(51)53-27/h6-12,18,23-24,27-36,39,41,44-48H,4-5,13-17,19-22,40H2,1-3H3,(H,49,50)/t23-,24-,27-,28+,29-,30+,31-,32+,33-,34+,35+,36+,39+/m1/s1. The van der Waals surface area contributed by atoms with Gasteiger partial charge < -0.3 is 55.7 Å². The molecule has 2 heterocycles. The van der Waals surface area contributed by atoms with Crippen molar-refractivity contribution in [1.29, 1.82) is 0 Å². The van der Waals surface area contributed by atoms with Gasteiger partial charge >= 0.3 is 11.9 Å². The van der Waals surface area contributed by atoms with Gasteiger partial charge in [0.15, 0.2) is 6.29 Å². The molecule has 306 valence electrons. The maximum atomic E-state index is 13.0. The highest BCUT2D eigenvalue weighted by Crippen LogP contribution is 2.26. The number of rotatable bonds is 6. The minimum Gasteiger partial charge on any atom is -0.481 e. The van der Waals surface area contributed by atoms with E-state index in [1.807, 2.05) is 13.0 Å². The number of ether oxygens (including phenoxy) is 3. The van der Waals surface area contributed by atoms with E-state index in [9.17, 15) is 54.9 Å². The Bertz CT molecular complexity index is 1300. The number of hydrogen-bond acceptors (Lipinski definition) is 14. The summed E-state index contributed by atoms with van der Waals surface area (Å²) in [6, 6.07) is -1.12. The van der Waals surface area contributed by atoms with E-state index in [1.165, 1.54) is 13.0 Å². The number of hydrogen-bond donors (Lipinski definition) is 8. The molecule has 0 unspecified atom stereocenters. The highest BCUT2D eigenvalue weighted by atomic mass is 16.7. The molecule has 0 bridgehead atoms. The van der Waals surface area contributed by atoms with Crippen molar-refractivity contribution in [2.24, 2.45) is 17.6 Å². The van der Waals surface area contributed by atoms with E-state index in [2.05, 4.69) is 0 Å². The number of carbonyl (C=O) groups is 4. The molecule has 0 aromatic carbocycles. The van der Waals surface area contributed by atoms with Crippen LogP contribution in [0.2, 0.25) is 0 Å². The first-order valence-electron chi connectivity index (χ1n) is 18.9. The van der Waals surface area contributed by atoms with E-state index in [4.69, 9.17) is 19.9 Å². The van der Waals surface area contributed by atoms with Crippen LogP contribution >= 0.6 is 0 Å². The van der Waals surface area contributed by atoms with Gasteiger partial charge in [-0.05, 0) is 32.6 Å². The van der Waals surface area contributed by atoms with E-state index >= 15 is 0 Å². The minimum absolute atomic E-state index is 0.0261. The number of carboxylic acids is 1. The van der Waals surface area contributed by atoms with Crippen LogP contribution in [0.1, 0.15) is 91.4 Å². The van der Waals surface area contributed by atoms with Gasteiger partial charge in [-0.15, -0.1) is 0 Å². The molecule has 0 saturated carbocycles. The molecule has 1 saturated heterocycles. The number of aliphatic carboxylic acids is 1. The fourth-order valence-corrected chi connectivity index (χ4v) is 6.47. The van der Waals surface area contributed by atoms with Crippen molar-refractivity contribution in [2.75, 3.05) is 0 Å². The third-order valence-electron chi connectivity index (χ3n) is 9.64. The predicted molar refractivity (Wildman–Crippen MR) is 196 cm³/mol. The molecule has 15 nitrogen and oxygen atoms in total. The van der Waals surface area contributed by atoms with Gasteiger partial charge in [0.2, 0.25) is 0 Å². The number of carbonyl (C=O) groups excluding carboxylic acids is 3. The maximum Gasteiger partial charge on any atom is 0.311 e. The normalized spacial score (nSPS) is 36.6. The summed E-state index contributed by atoms with van der Waals surface area (Å²) in [6.45, 7) is 5.21. The van der Waals surface area contributed by atoms with Crippen molar-refractivity contribution < 1.29 is 69.1 Å². The third kappa shape index (κ3) is 15.9. The van der Waals surface area contributed by atoms with Crippen LogP contribution in [0, 0.1) is 11.8 Å². The Morgan fingerprint density at radius 1 is 0.870 bits per heavy atom. The number of aliphatic hydroxyl groups excluding tert-OH is 6. The van der Waals surface area contributed by atoms with Gasteiger partial charge in [-0.1, -0.05) is 68.9 Å². The average Bonchev–Trinajstić information content (AvgIpc) is 3.08. The van der Waals surface area contributed by atoms with E-state index in [-0.39, 0.29) is 37.9 Å². The van der Waals surface area contributed by atoms with Gasteiger partial charge in [0.05, 0.1) is 54.7 Å². The molecule has 0 aromatic heterocycles. The summed E-state index contributed by atoms with van der Waals surface area (Å²) in [4.78, 5) is 50.6. The van der Waals surface area contributed by atoms with Crippen molar-refractivity contribution in [2.45, 2.75) is 159 Å². The number of carboxylic acid groups (broad SMARTS) is 1. The van der Waals surface area contributed by atoms with Crippen LogP contribution < -0.4 is 5.73 Å². The molecule has 9 N–H and O–H groups in total. The summed E-state index contributed by atoms with van der Waals surface area (Å²) in [7, 11) is 0. The third-order valence-corrected chi connectivity index (χ3v) is 9.64. The van der Waals surface area contributed by atoms with Gasteiger partial charge in [0.1, 0.15) is 29.7 Å². The first-order chi connectivity index (χ1) is 25.6. The summed E-state index contributed by atoms with van der Waals surface area (Å²) in [5, 5.41) is 73.7. The van der Waals surface area contributed by atoms with Crippen molar-refractivity contribution >= 4 is 23.5 Å². The van der Waals surface area contributed by atoms with Crippen LogP contribution in [0.15, 0.2) is 48.6 Å². The second-order valence-corrected chi connectivity index (χ2v) is 14.2. The summed E-state index contributed by atoms with van der Waals surface area (Å²) in [5.41, 5.74) is 5.94. The Kier molecular flexibility index (Phi) is 21.3. The fraction of sp³-hybridized carbons (Fsp3) is 0.692. The van der Waals surface area contributed by atoms with Gasteiger partial charge in [-0.25, -0.2) is 0 Å². The molecule has 0 aliphatic carbocycles. The highest BCUT2D eigenvalue weighted by Gasteiger charge is 2.43. The number of allylic oxidation sites excluding steroid dienone is 6. The number of aliphatic hydroxyl groups is 6. The van der Waals surface area contributed by atoms with Crippen molar-refractivity contribution in [3.8, 4) is 0 Å². The lowest BCUT2D eigenvalue weighted by molar-refractivity contribution is -0.277. The van der Waals surface area contributed by atoms with Gasteiger partial charge in [-0.2, -0.15) is 0 Å². The Hall–Kier alpha value is -3.12. The van der Waals surface area contributed by atoms with Crippen LogP contribution in [0.3, 0.4) is 0 Å². The molecule has 0 radical (unpaired) electrons. The minimum atomic E-state index is -1.84. The average molecular weight is 768 g/mol. The van der Waals surface area contributed by atoms with Crippen LogP contribution in [-0.4, -0.2) is 127 Å². The number of nitrogens with two attached hydrogens (primary N) is 1. The predicted octanol–water partition coefficient (Wildman–Crippen LogP) is 1.55. The number of cyclic esters (lactones) is 1. The fourth-order valence-electron chi connectivity index (χ4n) is 6.47. The van der Waals surface area contributed by atoms with Crippen molar-refractivity contribution in [1.82, 2.24) is 0 Å². The molecule has 0 amide bonds. The maximum absolute atomic E-state index is 13.0. The lowest BCUT2D eigenvalue weighted by atomic mass is 9.88. The first kappa shape index (κ1) is 47.0. The molecule has 54 heavy (non-hydrogen) atoms. The largest absolute Gasteiger partial charge is 0.481 e. The topological polar surface area (TPSA) is 264 Å². The Labute approximate surface area is 317 Å². The molecule has 2 aliphatic heterocycles. The lowest BCUT2D eigenvalue weighted by Gasteiger charge is -2.41. The smallest absolute Gasteiger partial charge is 0.311 e. The Morgan fingerprint density at radius 3 is 2.17 bits per heavy atom. The second kappa shape index (κ2) is 24.4. The van der Waals surface area contributed by atoms with E-state index in [1.54, 1.807) is 43.4 Å². The van der Waals surface area contributed by atoms with Crippen LogP contribution in [-0.2, 0) is 33.4 Å². The van der Waals surface area contributed by atoms with Gasteiger partial charge in [0, 0.05) is 38.5 Å². The highest BCUT2D eigenvalue weighted by molar-refractivity contribution is 5.81. The van der Waals surface area contributed by atoms with Crippen LogP contribution in [0.4, 0.5) is 0 Å². The van der Waals surface area contributed by atoms with Crippen LogP contribution in [0.25, 0.3) is 0 Å². The molecule has 1 fully saturated rings. The van der Waals surface area contributed by atoms with Crippen molar-refractivity contribution in [3.63, 3.8) is 0 Å². The first-order valence-corrected chi connectivity index (χ1v) is 18.9. The zero-order chi connectivity index (χ0) is 40.4. The molecule has 15 heteroatoms. The van der Waals surface area contributed by atoms with E-state index in [0.717, 1.165) is 6.42 Å². The number of Topliss-reactive ketones (excluding diaryl/α,β-unsaturated/α-hetero) is 2. The zero-order valence-electron chi connectivity index (χ0n) is 31.5. The molecule has 13 atom stereocenters. The summed E-state index contributed by atoms with van der Waals surface area (Å²) in [5.74, 6) is -5.91. The summed E-state index contributed by atoms with van der Waals surface area (Å²) in [6.07, 6.45) is 1.33. The number of ketones is 2. The SMILES string of the molecule is CCC[C@@H]1CC=CC=CC=CC=C[C@H](O[C@@H]2O[C@H](C)[C@H](O)[C@H](N)[C@@H]2O)C[C@H](O)[C@H](C(=O)O)[C@H](O)CC(=O)C[C@H](O)CCCC(=O)C[C@H](O)[C@@H](CC)C(=O)O1. The molecule has 2 rings (SSSR count). The monoisotopic (exact) mass is 767 g/mol. The molecule has 0 aromatic rings. The van der Waals surface area contributed by atoms with Crippen LogP contribution in [0.5, 0.6) is 0 Å². The molecular weight excluding hydrogens is 706 g/mol. The van der Waals surface area contributed by atoms with Crippen molar-refractivity contribution in [3.05, 3.63) is 48.6 Å². The quantitative estimate of drug-likeness (QED) is 0.178. The molecule has 2 aliphatic rings. The second-order valence-electron chi connectivity index (χ2n) is 14.2. The summed E-state index contributed by atoms with van der Waals surface area (Å²) < 4.78 is 17.2. The molecule has 0 spiro atoms. The lowest BCUT2D eigenvalue weighted by Crippen LogP contribution is -2.61. The van der Waals surface area contributed by atoms with Gasteiger partial charge in [-0.3, -0.25) is 19.2 Å². The Balaban J connectivity index is 2.34. The zero-order valence-corrected chi connectivity index (χ0v) is 31.5. The summed E-state index contributed by atoms with van der Waals surface area (Å²) >= 11 is 0.